The number of methoxy groups -OCH3 is 2. The largest absolute Gasteiger partial charge is 0.480 e. The molecule has 11 heteroatoms. The van der Waals surface area contributed by atoms with Crippen LogP contribution in [0.5, 0.6) is 0 Å². The second-order valence-corrected chi connectivity index (χ2v) is 7.64. The van der Waals surface area contributed by atoms with Gasteiger partial charge in [0.1, 0.15) is 18.7 Å². The van der Waals surface area contributed by atoms with Crippen LogP contribution in [0.3, 0.4) is 0 Å². The van der Waals surface area contributed by atoms with Crippen molar-refractivity contribution < 1.29 is 43.3 Å². The highest BCUT2D eigenvalue weighted by Gasteiger charge is 2.42. The lowest BCUT2D eigenvalue weighted by atomic mass is 9.87. The predicted molar refractivity (Wildman–Crippen MR) is 115 cm³/mol. The molecule has 0 unspecified atom stereocenters. The fourth-order valence-electron chi connectivity index (χ4n) is 3.06. The highest BCUT2D eigenvalue weighted by molar-refractivity contribution is 5.96. The molecule has 0 aliphatic carbocycles. The molecule has 11 nitrogen and oxygen atoms in total. The van der Waals surface area contributed by atoms with E-state index in [1.807, 2.05) is 6.07 Å². The van der Waals surface area contributed by atoms with Gasteiger partial charge >= 0.3 is 24.0 Å². The first-order valence-corrected chi connectivity index (χ1v) is 10.2. The van der Waals surface area contributed by atoms with Crippen molar-refractivity contribution in [1.82, 2.24) is 10.6 Å². The number of hydrogen-bond donors (Lipinski definition) is 3. The van der Waals surface area contributed by atoms with E-state index in [1.54, 1.807) is 38.1 Å². The van der Waals surface area contributed by atoms with Gasteiger partial charge < -0.3 is 30.0 Å². The number of carbonyl (C=O) groups excluding carboxylic acids is 4. The number of carboxylic acid groups (broad SMARTS) is 1. The highest BCUT2D eigenvalue weighted by atomic mass is 16.6. The summed E-state index contributed by atoms with van der Waals surface area (Å²) in [6.07, 6.45) is -0.866. The monoisotopic (exact) mass is 466 g/mol. The first-order chi connectivity index (χ1) is 15.5. The standard InChI is InChI=1S/C22H30N2O9/c1-12(2)16(24-22(30)33-11-14-9-7-6-8-10-14)18(25)23-17(19(26)27)13(3)15(20(28)31-4)21(29)32-5/h6-10,12-13,15-17H,11H2,1-5H3,(H,23,25)(H,24,30)(H,26,27)/t13-,16-,17+/m0/s1. The third-order valence-corrected chi connectivity index (χ3v) is 4.96. The minimum atomic E-state index is -1.65. The van der Waals surface area contributed by atoms with Crippen molar-refractivity contribution in [2.75, 3.05) is 14.2 Å². The Bertz CT molecular complexity index is 826. The Hall–Kier alpha value is -3.63. The Morgan fingerprint density at radius 2 is 1.42 bits per heavy atom. The first kappa shape index (κ1) is 27.4. The van der Waals surface area contributed by atoms with Crippen molar-refractivity contribution in [3.63, 3.8) is 0 Å². The van der Waals surface area contributed by atoms with Gasteiger partial charge in [-0.2, -0.15) is 0 Å². The number of amides is 2. The smallest absolute Gasteiger partial charge is 0.408 e. The second kappa shape index (κ2) is 13.0. The van der Waals surface area contributed by atoms with Crippen molar-refractivity contribution in [3.8, 4) is 0 Å². The average Bonchev–Trinajstić information content (AvgIpc) is 2.79. The van der Waals surface area contributed by atoms with Crippen LogP contribution in [-0.4, -0.2) is 61.3 Å². The molecule has 1 aromatic rings. The molecule has 2 amide bonds. The SMILES string of the molecule is COC(=O)C(C(=O)OC)[C@H](C)[C@@H](NC(=O)[C@@H](NC(=O)OCc1ccccc1)C(C)C)C(=O)O. The Morgan fingerprint density at radius 3 is 1.88 bits per heavy atom. The lowest BCUT2D eigenvalue weighted by molar-refractivity contribution is -0.163. The summed E-state index contributed by atoms with van der Waals surface area (Å²) in [6, 6.07) is 6.11. The molecule has 0 aliphatic rings. The van der Waals surface area contributed by atoms with Gasteiger partial charge in [0.2, 0.25) is 5.91 Å². The quantitative estimate of drug-likeness (QED) is 0.247. The summed E-state index contributed by atoms with van der Waals surface area (Å²) >= 11 is 0. The van der Waals surface area contributed by atoms with Crippen LogP contribution >= 0.6 is 0 Å². The molecule has 0 saturated heterocycles. The molecule has 0 aliphatic heterocycles. The number of benzene rings is 1. The van der Waals surface area contributed by atoms with Gasteiger partial charge in [0.25, 0.3) is 0 Å². The molecule has 0 aromatic heterocycles. The van der Waals surface area contributed by atoms with Crippen molar-refractivity contribution in [2.24, 2.45) is 17.8 Å². The highest BCUT2D eigenvalue weighted by Crippen LogP contribution is 2.20. The minimum Gasteiger partial charge on any atom is -0.480 e. The summed E-state index contributed by atoms with van der Waals surface area (Å²) in [5.41, 5.74) is 0.745. The van der Waals surface area contributed by atoms with Crippen LogP contribution in [0.25, 0.3) is 0 Å². The topological polar surface area (TPSA) is 157 Å². The molecule has 0 heterocycles. The minimum absolute atomic E-state index is 0.0200. The third-order valence-electron chi connectivity index (χ3n) is 4.96. The van der Waals surface area contributed by atoms with Gasteiger partial charge in [-0.15, -0.1) is 0 Å². The number of carboxylic acids is 1. The van der Waals surface area contributed by atoms with E-state index < -0.39 is 59.7 Å². The number of nitrogens with one attached hydrogen (secondary N) is 2. The molecule has 33 heavy (non-hydrogen) atoms. The van der Waals surface area contributed by atoms with Crippen LogP contribution in [0.1, 0.15) is 26.3 Å². The number of hydrogen-bond acceptors (Lipinski definition) is 8. The second-order valence-electron chi connectivity index (χ2n) is 7.64. The average molecular weight is 466 g/mol. The predicted octanol–water partition coefficient (Wildman–Crippen LogP) is 1.11. The zero-order valence-corrected chi connectivity index (χ0v) is 19.2. The fourth-order valence-corrected chi connectivity index (χ4v) is 3.06. The van der Waals surface area contributed by atoms with Crippen molar-refractivity contribution in [1.29, 1.82) is 0 Å². The number of esters is 2. The maximum absolute atomic E-state index is 12.8. The summed E-state index contributed by atoms with van der Waals surface area (Å²) in [6.45, 7) is 4.57. The molecule has 1 rings (SSSR count). The Balaban J connectivity index is 2.93. The van der Waals surface area contributed by atoms with E-state index in [9.17, 15) is 29.1 Å². The number of alkyl carbamates (subject to hydrolysis) is 1. The summed E-state index contributed by atoms with van der Waals surface area (Å²) in [5, 5.41) is 14.3. The van der Waals surface area contributed by atoms with Gasteiger partial charge in [-0.05, 0) is 11.5 Å². The van der Waals surface area contributed by atoms with Gasteiger partial charge in [-0.3, -0.25) is 14.4 Å². The van der Waals surface area contributed by atoms with Gasteiger partial charge in [0, 0.05) is 5.92 Å². The van der Waals surface area contributed by atoms with Crippen LogP contribution in [0.15, 0.2) is 30.3 Å². The number of ether oxygens (including phenoxy) is 3. The van der Waals surface area contributed by atoms with Crippen LogP contribution in [0, 0.1) is 17.8 Å². The zero-order chi connectivity index (χ0) is 25.1. The van der Waals surface area contributed by atoms with Crippen molar-refractivity contribution in [3.05, 3.63) is 35.9 Å². The van der Waals surface area contributed by atoms with Crippen LogP contribution in [0.4, 0.5) is 4.79 Å². The van der Waals surface area contributed by atoms with E-state index in [-0.39, 0.29) is 6.61 Å². The summed E-state index contributed by atoms with van der Waals surface area (Å²) in [4.78, 5) is 61.0. The van der Waals surface area contributed by atoms with E-state index in [0.29, 0.717) is 0 Å². The van der Waals surface area contributed by atoms with Crippen LogP contribution in [-0.2, 0) is 40.0 Å². The fraction of sp³-hybridized carbons (Fsp3) is 0.500. The molecular formula is C22H30N2O9. The molecular weight excluding hydrogens is 436 g/mol. The number of carbonyl (C=O) groups is 5. The molecule has 1 aromatic carbocycles. The van der Waals surface area contributed by atoms with Crippen molar-refractivity contribution in [2.45, 2.75) is 39.5 Å². The summed E-state index contributed by atoms with van der Waals surface area (Å²) in [5.74, 6) is -7.55. The van der Waals surface area contributed by atoms with Crippen LogP contribution in [0.2, 0.25) is 0 Å². The van der Waals surface area contributed by atoms with E-state index in [4.69, 9.17) is 4.74 Å². The zero-order valence-electron chi connectivity index (χ0n) is 19.2. The normalized spacial score (nSPS) is 13.4. The van der Waals surface area contributed by atoms with Crippen molar-refractivity contribution >= 4 is 29.9 Å². The van der Waals surface area contributed by atoms with E-state index in [2.05, 4.69) is 20.1 Å². The lowest BCUT2D eigenvalue weighted by Crippen LogP contribution is -2.57. The van der Waals surface area contributed by atoms with E-state index in [0.717, 1.165) is 19.8 Å². The van der Waals surface area contributed by atoms with Crippen LogP contribution < -0.4 is 10.6 Å². The lowest BCUT2D eigenvalue weighted by Gasteiger charge is -2.28. The van der Waals surface area contributed by atoms with Gasteiger partial charge in [0.05, 0.1) is 14.2 Å². The van der Waals surface area contributed by atoms with Gasteiger partial charge in [-0.25, -0.2) is 9.59 Å². The molecule has 0 spiro atoms. The Kier molecular flexibility index (Phi) is 10.8. The van der Waals surface area contributed by atoms with E-state index in [1.165, 1.54) is 6.92 Å². The first-order valence-electron chi connectivity index (χ1n) is 10.2. The maximum Gasteiger partial charge on any atom is 0.408 e. The van der Waals surface area contributed by atoms with Gasteiger partial charge in [-0.1, -0.05) is 51.1 Å². The Morgan fingerprint density at radius 1 is 0.879 bits per heavy atom. The summed E-state index contributed by atoms with van der Waals surface area (Å²) < 4.78 is 14.3. The molecule has 0 fully saturated rings. The van der Waals surface area contributed by atoms with Gasteiger partial charge in [0.15, 0.2) is 5.92 Å². The Labute approximate surface area is 191 Å². The maximum atomic E-state index is 12.8. The molecule has 3 atom stereocenters. The molecule has 3 N–H and O–H groups in total. The molecule has 0 saturated carbocycles. The summed E-state index contributed by atoms with van der Waals surface area (Å²) in [7, 11) is 2.08. The third kappa shape index (κ3) is 8.09. The van der Waals surface area contributed by atoms with E-state index >= 15 is 0 Å². The molecule has 182 valence electrons. The molecule has 0 bridgehead atoms. The number of aliphatic carboxylic acids is 1. The molecule has 0 radical (unpaired) electrons. The number of rotatable bonds is 11.